The minimum Gasteiger partial charge on any atom is -0.492 e. The lowest BCUT2D eigenvalue weighted by Crippen LogP contribution is -2.42. The molecule has 0 atom stereocenters. The first-order valence-electron chi connectivity index (χ1n) is 6.96. The molecule has 0 radical (unpaired) electrons. The first-order valence-corrected chi connectivity index (χ1v) is 6.96. The summed E-state index contributed by atoms with van der Waals surface area (Å²) >= 11 is 0. The van der Waals surface area contributed by atoms with E-state index in [-0.39, 0.29) is 19.1 Å². The molecule has 0 spiro atoms. The van der Waals surface area contributed by atoms with E-state index in [0.29, 0.717) is 5.92 Å². The summed E-state index contributed by atoms with van der Waals surface area (Å²) in [5.74, 6) is -0.325. The van der Waals surface area contributed by atoms with Crippen molar-refractivity contribution in [3.05, 3.63) is 29.8 Å². The fraction of sp³-hybridized carbons (Fsp3) is 0.500. The summed E-state index contributed by atoms with van der Waals surface area (Å²) in [5.41, 5.74) is 0.277. The summed E-state index contributed by atoms with van der Waals surface area (Å²) < 4.78 is 5.78. The first-order chi connectivity index (χ1) is 9.74. The number of carboxylic acid groups (broad SMARTS) is 1. The van der Waals surface area contributed by atoms with Gasteiger partial charge in [0.1, 0.15) is 18.9 Å². The van der Waals surface area contributed by atoms with E-state index in [9.17, 15) is 9.59 Å². The van der Waals surface area contributed by atoms with Crippen LogP contribution in [0.1, 0.15) is 39.2 Å². The molecule has 5 heteroatoms. The van der Waals surface area contributed by atoms with E-state index in [1.807, 2.05) is 24.3 Å². The number of carbonyl (C=O) groups is 2. The lowest BCUT2D eigenvalue weighted by atomic mass is 9.93. The molecule has 21 heavy (non-hydrogen) atoms. The summed E-state index contributed by atoms with van der Waals surface area (Å²) in [6.07, 6.45) is 0. The molecule has 0 aromatic heterocycles. The molecule has 1 amide bonds. The van der Waals surface area contributed by atoms with E-state index < -0.39 is 11.4 Å². The Morgan fingerprint density at radius 2 is 1.90 bits per heavy atom. The second kappa shape index (κ2) is 7.11. The molecule has 0 aliphatic rings. The summed E-state index contributed by atoms with van der Waals surface area (Å²) in [4.78, 5) is 22.4. The molecule has 0 bridgehead atoms. The maximum Gasteiger partial charge on any atom is 0.322 e. The highest BCUT2D eigenvalue weighted by Gasteiger charge is 2.29. The third-order valence-electron chi connectivity index (χ3n) is 3.14. The molecule has 1 aromatic rings. The van der Waals surface area contributed by atoms with Crippen LogP contribution in [0.15, 0.2) is 24.3 Å². The number of carbonyl (C=O) groups excluding carboxylic acids is 1. The zero-order chi connectivity index (χ0) is 16.0. The number of hydrogen-bond donors (Lipinski definition) is 2. The van der Waals surface area contributed by atoms with Gasteiger partial charge in [-0.3, -0.25) is 9.59 Å². The van der Waals surface area contributed by atoms with Crippen LogP contribution in [0.25, 0.3) is 0 Å². The van der Waals surface area contributed by atoms with E-state index in [4.69, 9.17) is 9.84 Å². The van der Waals surface area contributed by atoms with Crippen molar-refractivity contribution in [3.8, 4) is 5.75 Å². The van der Waals surface area contributed by atoms with Gasteiger partial charge in [0.25, 0.3) is 0 Å². The van der Waals surface area contributed by atoms with Crippen LogP contribution in [0.4, 0.5) is 0 Å². The number of carboxylic acids is 1. The predicted molar refractivity (Wildman–Crippen MR) is 80.5 cm³/mol. The minimum atomic E-state index is -1.06. The van der Waals surface area contributed by atoms with Crippen LogP contribution in [0, 0.1) is 5.41 Å². The monoisotopic (exact) mass is 293 g/mol. The van der Waals surface area contributed by atoms with Crippen molar-refractivity contribution in [1.29, 1.82) is 0 Å². The van der Waals surface area contributed by atoms with Crippen LogP contribution in [-0.2, 0) is 9.59 Å². The zero-order valence-corrected chi connectivity index (χ0v) is 13.0. The highest BCUT2D eigenvalue weighted by atomic mass is 16.5. The van der Waals surface area contributed by atoms with E-state index in [2.05, 4.69) is 19.2 Å². The van der Waals surface area contributed by atoms with Gasteiger partial charge in [-0.15, -0.1) is 0 Å². The third-order valence-corrected chi connectivity index (χ3v) is 3.14. The van der Waals surface area contributed by atoms with Gasteiger partial charge in [-0.05, 0) is 31.4 Å². The van der Waals surface area contributed by atoms with E-state index in [0.717, 1.165) is 11.3 Å². The Kier molecular flexibility index (Phi) is 5.76. The van der Waals surface area contributed by atoms with Crippen molar-refractivity contribution in [1.82, 2.24) is 5.32 Å². The predicted octanol–water partition coefficient (Wildman–Crippen LogP) is 2.42. The van der Waals surface area contributed by atoms with Gasteiger partial charge in [0.15, 0.2) is 0 Å². The Morgan fingerprint density at radius 3 is 2.48 bits per heavy atom. The Morgan fingerprint density at radius 1 is 1.29 bits per heavy atom. The molecule has 0 aliphatic carbocycles. The van der Waals surface area contributed by atoms with E-state index in [1.54, 1.807) is 13.8 Å². The third kappa shape index (κ3) is 5.10. The molecule has 0 aliphatic heterocycles. The van der Waals surface area contributed by atoms with Crippen molar-refractivity contribution >= 4 is 11.9 Å². The van der Waals surface area contributed by atoms with Gasteiger partial charge in [0.2, 0.25) is 5.91 Å². The molecule has 0 fully saturated rings. The maximum atomic E-state index is 12.0. The van der Waals surface area contributed by atoms with Gasteiger partial charge >= 0.3 is 5.97 Å². The standard InChI is InChI=1S/C16H23NO4/c1-11(2)12-7-5-6-8-13(12)21-10-16(3,4)15(20)17-9-14(18)19/h5-8,11H,9-10H2,1-4H3,(H,17,20)(H,18,19). The van der Waals surface area contributed by atoms with Crippen molar-refractivity contribution in [2.75, 3.05) is 13.2 Å². The fourth-order valence-electron chi connectivity index (χ4n) is 1.81. The molecule has 2 N–H and O–H groups in total. The van der Waals surface area contributed by atoms with E-state index in [1.165, 1.54) is 0 Å². The SMILES string of the molecule is CC(C)c1ccccc1OCC(C)(C)C(=O)NCC(=O)O. The average molecular weight is 293 g/mol. The summed E-state index contributed by atoms with van der Waals surface area (Å²) in [7, 11) is 0. The van der Waals surface area contributed by atoms with Crippen molar-refractivity contribution in [2.24, 2.45) is 5.41 Å². The summed E-state index contributed by atoms with van der Waals surface area (Å²) in [6.45, 7) is 7.40. The lowest BCUT2D eigenvalue weighted by Gasteiger charge is -2.24. The normalized spacial score (nSPS) is 11.3. The molecule has 0 saturated carbocycles. The van der Waals surface area contributed by atoms with Crippen molar-refractivity contribution in [3.63, 3.8) is 0 Å². The van der Waals surface area contributed by atoms with Gasteiger partial charge in [0, 0.05) is 0 Å². The van der Waals surface area contributed by atoms with Gasteiger partial charge in [-0.2, -0.15) is 0 Å². The van der Waals surface area contributed by atoms with Crippen LogP contribution in [0.2, 0.25) is 0 Å². The minimum absolute atomic E-state index is 0.183. The number of rotatable bonds is 7. The Hall–Kier alpha value is -2.04. The topological polar surface area (TPSA) is 75.6 Å². The Bertz CT molecular complexity index is 509. The largest absolute Gasteiger partial charge is 0.492 e. The Labute approximate surface area is 125 Å². The van der Waals surface area contributed by atoms with Gasteiger partial charge < -0.3 is 15.2 Å². The van der Waals surface area contributed by atoms with Crippen LogP contribution >= 0.6 is 0 Å². The smallest absolute Gasteiger partial charge is 0.322 e. The molecule has 0 saturated heterocycles. The molecule has 1 rings (SSSR count). The Balaban J connectivity index is 2.69. The lowest BCUT2D eigenvalue weighted by molar-refractivity contribution is -0.140. The number of benzene rings is 1. The fourth-order valence-corrected chi connectivity index (χ4v) is 1.81. The number of para-hydroxylation sites is 1. The summed E-state index contributed by atoms with van der Waals surface area (Å²) in [5, 5.41) is 11.0. The second-order valence-corrected chi connectivity index (χ2v) is 5.94. The molecule has 1 aromatic carbocycles. The number of hydrogen-bond acceptors (Lipinski definition) is 3. The molecule has 116 valence electrons. The van der Waals surface area contributed by atoms with Gasteiger partial charge in [0.05, 0.1) is 5.41 Å². The van der Waals surface area contributed by atoms with E-state index >= 15 is 0 Å². The quantitative estimate of drug-likeness (QED) is 0.809. The number of amides is 1. The van der Waals surface area contributed by atoms with Crippen molar-refractivity contribution < 1.29 is 19.4 Å². The zero-order valence-electron chi connectivity index (χ0n) is 13.0. The van der Waals surface area contributed by atoms with Crippen LogP contribution in [-0.4, -0.2) is 30.1 Å². The molecule has 5 nitrogen and oxygen atoms in total. The van der Waals surface area contributed by atoms with Crippen LogP contribution in [0.5, 0.6) is 5.75 Å². The number of nitrogens with one attached hydrogen (secondary N) is 1. The highest BCUT2D eigenvalue weighted by molar-refractivity contribution is 5.85. The van der Waals surface area contributed by atoms with Crippen molar-refractivity contribution in [2.45, 2.75) is 33.6 Å². The van der Waals surface area contributed by atoms with Gasteiger partial charge in [-0.1, -0.05) is 32.0 Å². The molecule has 0 unspecified atom stereocenters. The summed E-state index contributed by atoms with van der Waals surface area (Å²) in [6, 6.07) is 7.71. The number of aliphatic carboxylic acids is 1. The molecular weight excluding hydrogens is 270 g/mol. The average Bonchev–Trinajstić information content (AvgIpc) is 2.42. The second-order valence-electron chi connectivity index (χ2n) is 5.94. The first kappa shape index (κ1) is 17.0. The maximum absolute atomic E-state index is 12.0. The molecular formula is C16H23NO4. The molecule has 0 heterocycles. The van der Waals surface area contributed by atoms with Crippen LogP contribution < -0.4 is 10.1 Å². The van der Waals surface area contributed by atoms with Crippen LogP contribution in [0.3, 0.4) is 0 Å². The number of ether oxygens (including phenoxy) is 1. The van der Waals surface area contributed by atoms with Gasteiger partial charge in [-0.25, -0.2) is 0 Å². The highest BCUT2D eigenvalue weighted by Crippen LogP contribution is 2.27.